The molecule has 0 heterocycles. The van der Waals surface area contributed by atoms with Crippen LogP contribution >= 0.6 is 15.9 Å². The molecule has 0 saturated heterocycles. The monoisotopic (exact) mass is 288 g/mol. The maximum absolute atomic E-state index is 13.5. The van der Waals surface area contributed by atoms with Crippen LogP contribution in [0.4, 0.5) is 4.39 Å². The van der Waals surface area contributed by atoms with Crippen molar-refractivity contribution >= 4 is 21.8 Å². The summed E-state index contributed by atoms with van der Waals surface area (Å²) in [6.07, 6.45) is 0.252. The topological polar surface area (TPSA) is 55.1 Å². The summed E-state index contributed by atoms with van der Waals surface area (Å²) in [5.41, 5.74) is 5.58. The van der Waals surface area contributed by atoms with Gasteiger partial charge in [-0.1, -0.05) is 22.0 Å². The molecule has 1 aromatic rings. The molecule has 0 aromatic heterocycles. The lowest BCUT2D eigenvalue weighted by Crippen LogP contribution is -2.25. The van der Waals surface area contributed by atoms with Crippen molar-refractivity contribution in [2.24, 2.45) is 5.73 Å². The normalized spacial score (nSPS) is 12.4. The molecule has 1 rings (SSSR count). The van der Waals surface area contributed by atoms with Gasteiger partial charge in [0.2, 0.25) is 5.91 Å². The summed E-state index contributed by atoms with van der Waals surface area (Å²) in [5.74, 6) is -0.635. The van der Waals surface area contributed by atoms with Crippen molar-refractivity contribution in [3.8, 4) is 0 Å². The lowest BCUT2D eigenvalue weighted by Gasteiger charge is -2.14. The molecule has 0 spiro atoms. The Morgan fingerprint density at radius 2 is 2.31 bits per heavy atom. The summed E-state index contributed by atoms with van der Waals surface area (Å²) in [7, 11) is 0. The highest BCUT2D eigenvalue weighted by atomic mass is 79.9. The van der Waals surface area contributed by atoms with E-state index < -0.39 is 0 Å². The van der Waals surface area contributed by atoms with Gasteiger partial charge in [0.1, 0.15) is 5.82 Å². The van der Waals surface area contributed by atoms with Crippen molar-refractivity contribution in [2.45, 2.75) is 19.4 Å². The summed E-state index contributed by atoms with van der Waals surface area (Å²) < 4.78 is 14.2. The molecule has 0 aliphatic rings. The molecule has 0 aliphatic carbocycles. The Labute approximate surface area is 102 Å². The molecule has 0 bridgehead atoms. The lowest BCUT2D eigenvalue weighted by atomic mass is 10.1. The quantitative estimate of drug-likeness (QED) is 0.872. The molecule has 0 fully saturated rings. The number of benzene rings is 1. The molecule has 1 amide bonds. The summed E-state index contributed by atoms with van der Waals surface area (Å²) >= 11 is 3.20. The molecule has 1 atom stereocenters. The number of hydrogen-bond donors (Lipinski definition) is 2. The van der Waals surface area contributed by atoms with Gasteiger partial charge < -0.3 is 11.1 Å². The van der Waals surface area contributed by atoms with Crippen molar-refractivity contribution in [3.63, 3.8) is 0 Å². The molecule has 3 nitrogen and oxygen atoms in total. The maximum atomic E-state index is 13.5. The van der Waals surface area contributed by atoms with E-state index in [1.165, 1.54) is 6.07 Å². The van der Waals surface area contributed by atoms with Gasteiger partial charge in [-0.3, -0.25) is 4.79 Å². The minimum Gasteiger partial charge on any atom is -0.370 e. The Balaban J connectivity index is 2.58. The van der Waals surface area contributed by atoms with Crippen LogP contribution in [0, 0.1) is 5.82 Å². The maximum Gasteiger partial charge on any atom is 0.218 e. The minimum atomic E-state index is -0.365. The zero-order chi connectivity index (χ0) is 12.1. The van der Waals surface area contributed by atoms with E-state index >= 15 is 0 Å². The van der Waals surface area contributed by atoms with E-state index in [0.717, 1.165) is 0 Å². The highest BCUT2D eigenvalue weighted by Crippen LogP contribution is 2.20. The number of carbonyl (C=O) groups excluding carboxylic acids is 1. The van der Waals surface area contributed by atoms with Crippen molar-refractivity contribution in [1.82, 2.24) is 5.32 Å². The van der Waals surface area contributed by atoms with Gasteiger partial charge in [-0.05, 0) is 19.1 Å². The zero-order valence-electron chi connectivity index (χ0n) is 8.97. The van der Waals surface area contributed by atoms with E-state index in [2.05, 4.69) is 21.2 Å². The number of amides is 1. The number of halogens is 2. The van der Waals surface area contributed by atoms with E-state index in [-0.39, 0.29) is 24.2 Å². The van der Waals surface area contributed by atoms with Crippen LogP contribution in [0.25, 0.3) is 0 Å². The predicted molar refractivity (Wildman–Crippen MR) is 64.3 cm³/mol. The van der Waals surface area contributed by atoms with Crippen molar-refractivity contribution in [1.29, 1.82) is 0 Å². The fourth-order valence-electron chi connectivity index (χ4n) is 1.37. The van der Waals surface area contributed by atoms with Crippen LogP contribution in [-0.2, 0) is 4.79 Å². The van der Waals surface area contributed by atoms with Gasteiger partial charge in [0.25, 0.3) is 0 Å². The van der Waals surface area contributed by atoms with Gasteiger partial charge in [0, 0.05) is 29.0 Å². The third-order valence-corrected chi connectivity index (χ3v) is 2.74. The van der Waals surface area contributed by atoms with E-state index in [0.29, 0.717) is 16.6 Å². The molecule has 0 saturated carbocycles. The predicted octanol–water partition coefficient (Wildman–Crippen LogP) is 2.11. The Kier molecular flexibility index (Phi) is 4.89. The van der Waals surface area contributed by atoms with E-state index in [4.69, 9.17) is 5.73 Å². The fourth-order valence-corrected chi connectivity index (χ4v) is 1.71. The van der Waals surface area contributed by atoms with Crippen LogP contribution in [0.3, 0.4) is 0 Å². The second-order valence-electron chi connectivity index (χ2n) is 3.56. The van der Waals surface area contributed by atoms with Crippen LogP contribution < -0.4 is 11.1 Å². The van der Waals surface area contributed by atoms with Crippen LogP contribution in [0.1, 0.15) is 24.9 Å². The van der Waals surface area contributed by atoms with Gasteiger partial charge in [-0.25, -0.2) is 4.39 Å². The van der Waals surface area contributed by atoms with E-state index in [1.807, 2.05) is 6.92 Å². The SMILES string of the molecule is CC(NCCC(N)=O)c1ccc(Br)cc1F. The highest BCUT2D eigenvalue weighted by Gasteiger charge is 2.10. The summed E-state index contributed by atoms with van der Waals surface area (Å²) in [6.45, 7) is 2.29. The molecule has 0 aliphatic heterocycles. The molecule has 88 valence electrons. The molecule has 16 heavy (non-hydrogen) atoms. The van der Waals surface area contributed by atoms with Gasteiger partial charge >= 0.3 is 0 Å². The summed E-state index contributed by atoms with van der Waals surface area (Å²) in [5, 5.41) is 3.03. The van der Waals surface area contributed by atoms with Gasteiger partial charge in [-0.15, -0.1) is 0 Å². The Morgan fingerprint density at radius 1 is 1.62 bits per heavy atom. The molecular formula is C11H14BrFN2O. The fraction of sp³-hybridized carbons (Fsp3) is 0.364. The van der Waals surface area contributed by atoms with Gasteiger partial charge in [0.15, 0.2) is 0 Å². The lowest BCUT2D eigenvalue weighted by molar-refractivity contribution is -0.117. The Morgan fingerprint density at radius 3 is 2.88 bits per heavy atom. The number of carbonyl (C=O) groups is 1. The zero-order valence-corrected chi connectivity index (χ0v) is 10.6. The molecular weight excluding hydrogens is 275 g/mol. The summed E-state index contributed by atoms with van der Waals surface area (Å²) in [6, 6.07) is 4.76. The number of nitrogens with two attached hydrogens (primary N) is 1. The second kappa shape index (κ2) is 5.96. The first-order valence-electron chi connectivity index (χ1n) is 4.97. The van der Waals surface area contributed by atoms with E-state index in [9.17, 15) is 9.18 Å². The first-order chi connectivity index (χ1) is 7.50. The Hall–Kier alpha value is -0.940. The van der Waals surface area contributed by atoms with Crippen LogP contribution in [-0.4, -0.2) is 12.5 Å². The van der Waals surface area contributed by atoms with Crippen molar-refractivity contribution < 1.29 is 9.18 Å². The smallest absolute Gasteiger partial charge is 0.218 e. The van der Waals surface area contributed by atoms with Gasteiger partial charge in [-0.2, -0.15) is 0 Å². The average molecular weight is 289 g/mol. The molecule has 1 unspecified atom stereocenters. The standard InChI is InChI=1S/C11H14BrFN2O/c1-7(15-5-4-11(14)16)9-3-2-8(12)6-10(9)13/h2-3,6-7,15H,4-5H2,1H3,(H2,14,16). The van der Waals surface area contributed by atoms with Crippen LogP contribution in [0.2, 0.25) is 0 Å². The molecule has 3 N–H and O–H groups in total. The molecule has 0 radical (unpaired) electrons. The minimum absolute atomic E-state index is 0.146. The summed E-state index contributed by atoms with van der Waals surface area (Å²) in [4.78, 5) is 10.5. The van der Waals surface area contributed by atoms with Gasteiger partial charge in [0.05, 0.1) is 0 Å². The highest BCUT2D eigenvalue weighted by molar-refractivity contribution is 9.10. The number of primary amides is 1. The first kappa shape index (κ1) is 13.1. The Bertz CT molecular complexity index is 384. The average Bonchev–Trinajstić information content (AvgIpc) is 2.16. The van der Waals surface area contributed by atoms with Crippen molar-refractivity contribution in [3.05, 3.63) is 34.1 Å². The number of rotatable bonds is 5. The third-order valence-electron chi connectivity index (χ3n) is 2.25. The van der Waals surface area contributed by atoms with E-state index in [1.54, 1.807) is 12.1 Å². The van der Waals surface area contributed by atoms with Crippen molar-refractivity contribution in [2.75, 3.05) is 6.54 Å². The van der Waals surface area contributed by atoms with Crippen LogP contribution in [0.15, 0.2) is 22.7 Å². The number of nitrogens with one attached hydrogen (secondary N) is 1. The molecule has 1 aromatic carbocycles. The van der Waals surface area contributed by atoms with Crippen LogP contribution in [0.5, 0.6) is 0 Å². The molecule has 5 heteroatoms. The third kappa shape index (κ3) is 3.90. The first-order valence-corrected chi connectivity index (χ1v) is 5.76. The second-order valence-corrected chi connectivity index (χ2v) is 4.47. The largest absolute Gasteiger partial charge is 0.370 e. The number of hydrogen-bond acceptors (Lipinski definition) is 2.